The van der Waals surface area contributed by atoms with Gasteiger partial charge in [-0.25, -0.2) is 0 Å². The minimum absolute atomic E-state index is 0.0858. The first-order chi connectivity index (χ1) is 8.60. The molecule has 0 aliphatic carbocycles. The lowest BCUT2D eigenvalue weighted by Crippen LogP contribution is -2.29. The fourth-order valence-corrected chi connectivity index (χ4v) is 3.64. The summed E-state index contributed by atoms with van der Waals surface area (Å²) < 4.78 is 2.25. The predicted octanol–water partition coefficient (Wildman–Crippen LogP) is 3.96. The molecular formula is C11H10BrCl2N3S. The number of rotatable bonds is 4. The van der Waals surface area contributed by atoms with Crippen molar-refractivity contribution >= 4 is 50.5 Å². The van der Waals surface area contributed by atoms with Gasteiger partial charge < -0.3 is 0 Å². The number of nitrogens with one attached hydrogen (secondary N) is 1. The van der Waals surface area contributed by atoms with Gasteiger partial charge in [0, 0.05) is 22.4 Å². The molecule has 0 aliphatic heterocycles. The minimum Gasteiger partial charge on any atom is -0.271 e. The van der Waals surface area contributed by atoms with Crippen LogP contribution < -0.4 is 11.3 Å². The van der Waals surface area contributed by atoms with E-state index in [2.05, 4.69) is 26.3 Å². The summed E-state index contributed by atoms with van der Waals surface area (Å²) >= 11 is 16.8. The quantitative estimate of drug-likeness (QED) is 0.636. The number of hydrazine groups is 1. The fourth-order valence-electron chi connectivity index (χ4n) is 1.65. The Kier molecular flexibility index (Phi) is 5.00. The highest BCUT2D eigenvalue weighted by atomic mass is 79.9. The molecule has 2 rings (SSSR count). The molecule has 2 aromatic rings. The third-order valence-electron chi connectivity index (χ3n) is 2.46. The molecular weight excluding hydrogens is 357 g/mol. The Morgan fingerprint density at radius 3 is 2.72 bits per heavy atom. The zero-order valence-electron chi connectivity index (χ0n) is 9.16. The minimum atomic E-state index is -0.0858. The predicted molar refractivity (Wildman–Crippen MR) is 80.0 cm³/mol. The molecule has 2 heterocycles. The van der Waals surface area contributed by atoms with Gasteiger partial charge in [0.2, 0.25) is 0 Å². The lowest BCUT2D eigenvalue weighted by molar-refractivity contribution is 0.553. The molecule has 96 valence electrons. The number of nitrogens with two attached hydrogens (primary N) is 1. The molecule has 18 heavy (non-hydrogen) atoms. The Bertz CT molecular complexity index is 547. The summed E-state index contributed by atoms with van der Waals surface area (Å²) in [7, 11) is 0. The SMILES string of the molecule is NNC(Cc1cncc(Br)c1)c1cc(Cl)sc1Cl. The van der Waals surface area contributed by atoms with E-state index in [9.17, 15) is 0 Å². The van der Waals surface area contributed by atoms with Crippen molar-refractivity contribution in [1.29, 1.82) is 0 Å². The van der Waals surface area contributed by atoms with E-state index in [4.69, 9.17) is 29.0 Å². The number of nitrogens with zero attached hydrogens (tertiary/aromatic N) is 1. The third kappa shape index (κ3) is 3.44. The Hall–Kier alpha value is -0.170. The summed E-state index contributed by atoms with van der Waals surface area (Å²) in [5, 5.41) is 0. The normalized spacial score (nSPS) is 12.7. The number of thiophene rings is 1. The maximum atomic E-state index is 6.13. The molecule has 3 nitrogen and oxygen atoms in total. The fraction of sp³-hybridized carbons (Fsp3) is 0.182. The van der Waals surface area contributed by atoms with Gasteiger partial charge in [0.25, 0.3) is 0 Å². The van der Waals surface area contributed by atoms with E-state index in [1.807, 2.05) is 12.1 Å². The maximum absolute atomic E-state index is 6.13. The number of halogens is 3. The van der Waals surface area contributed by atoms with Gasteiger partial charge in [0.15, 0.2) is 0 Å². The molecule has 1 unspecified atom stereocenters. The van der Waals surface area contributed by atoms with Crippen molar-refractivity contribution < 1.29 is 0 Å². The van der Waals surface area contributed by atoms with Crippen LogP contribution >= 0.6 is 50.5 Å². The smallest absolute Gasteiger partial charge is 0.0992 e. The molecule has 0 bridgehead atoms. The summed E-state index contributed by atoms with van der Waals surface area (Å²) in [6.07, 6.45) is 4.23. The van der Waals surface area contributed by atoms with Gasteiger partial charge in [0.05, 0.1) is 14.7 Å². The summed E-state index contributed by atoms with van der Waals surface area (Å²) in [5.74, 6) is 5.59. The van der Waals surface area contributed by atoms with Crippen molar-refractivity contribution in [2.75, 3.05) is 0 Å². The first-order valence-electron chi connectivity index (χ1n) is 5.10. The third-order valence-corrected chi connectivity index (χ3v) is 4.41. The monoisotopic (exact) mass is 365 g/mol. The van der Waals surface area contributed by atoms with Crippen LogP contribution in [0.25, 0.3) is 0 Å². The number of pyridine rings is 1. The Labute approximate surface area is 127 Å². The van der Waals surface area contributed by atoms with Crippen LogP contribution in [0.3, 0.4) is 0 Å². The van der Waals surface area contributed by atoms with E-state index < -0.39 is 0 Å². The van der Waals surface area contributed by atoms with Crippen molar-refractivity contribution in [3.05, 3.63) is 48.8 Å². The second-order valence-electron chi connectivity index (χ2n) is 3.71. The van der Waals surface area contributed by atoms with Crippen LogP contribution in [-0.2, 0) is 6.42 Å². The van der Waals surface area contributed by atoms with E-state index in [0.29, 0.717) is 15.1 Å². The second kappa shape index (κ2) is 6.32. The zero-order valence-corrected chi connectivity index (χ0v) is 13.1. The zero-order chi connectivity index (χ0) is 13.1. The van der Waals surface area contributed by atoms with Crippen molar-refractivity contribution in [3.8, 4) is 0 Å². The summed E-state index contributed by atoms with van der Waals surface area (Å²) in [6.45, 7) is 0. The van der Waals surface area contributed by atoms with Crippen LogP contribution in [0, 0.1) is 0 Å². The molecule has 0 amide bonds. The largest absolute Gasteiger partial charge is 0.271 e. The Morgan fingerprint density at radius 1 is 1.39 bits per heavy atom. The van der Waals surface area contributed by atoms with Crippen LogP contribution in [0.2, 0.25) is 8.67 Å². The summed E-state index contributed by atoms with van der Waals surface area (Å²) in [5.41, 5.74) is 4.73. The van der Waals surface area contributed by atoms with Crippen LogP contribution in [-0.4, -0.2) is 4.98 Å². The molecule has 0 radical (unpaired) electrons. The highest BCUT2D eigenvalue weighted by molar-refractivity contribution is 9.10. The molecule has 0 aromatic carbocycles. The lowest BCUT2D eigenvalue weighted by Gasteiger charge is -2.15. The molecule has 7 heteroatoms. The van der Waals surface area contributed by atoms with Crippen LogP contribution in [0.4, 0.5) is 0 Å². The van der Waals surface area contributed by atoms with Crippen LogP contribution in [0.15, 0.2) is 29.0 Å². The molecule has 1 atom stereocenters. The molecule has 0 saturated carbocycles. The highest BCUT2D eigenvalue weighted by Gasteiger charge is 2.17. The van der Waals surface area contributed by atoms with Gasteiger partial charge in [-0.05, 0) is 40.0 Å². The van der Waals surface area contributed by atoms with E-state index in [0.717, 1.165) is 15.6 Å². The van der Waals surface area contributed by atoms with Crippen molar-refractivity contribution in [3.63, 3.8) is 0 Å². The van der Waals surface area contributed by atoms with Gasteiger partial charge in [-0.2, -0.15) is 0 Å². The van der Waals surface area contributed by atoms with Crippen LogP contribution in [0.5, 0.6) is 0 Å². The Balaban J connectivity index is 2.22. The van der Waals surface area contributed by atoms with E-state index in [-0.39, 0.29) is 6.04 Å². The highest BCUT2D eigenvalue weighted by Crippen LogP contribution is 2.35. The molecule has 0 aliphatic rings. The van der Waals surface area contributed by atoms with Crippen molar-refractivity contribution in [2.45, 2.75) is 12.5 Å². The van der Waals surface area contributed by atoms with E-state index in [1.165, 1.54) is 11.3 Å². The van der Waals surface area contributed by atoms with Crippen molar-refractivity contribution in [1.82, 2.24) is 10.4 Å². The van der Waals surface area contributed by atoms with Gasteiger partial charge in [-0.1, -0.05) is 23.2 Å². The molecule has 0 fully saturated rings. The van der Waals surface area contributed by atoms with E-state index in [1.54, 1.807) is 12.4 Å². The number of aromatic nitrogens is 1. The molecule has 3 N–H and O–H groups in total. The van der Waals surface area contributed by atoms with E-state index >= 15 is 0 Å². The number of hydrogen-bond acceptors (Lipinski definition) is 4. The summed E-state index contributed by atoms with van der Waals surface area (Å²) in [4.78, 5) is 4.12. The van der Waals surface area contributed by atoms with Gasteiger partial charge in [-0.3, -0.25) is 16.3 Å². The van der Waals surface area contributed by atoms with Crippen LogP contribution in [0.1, 0.15) is 17.2 Å². The first kappa shape index (κ1) is 14.2. The van der Waals surface area contributed by atoms with Gasteiger partial charge in [0.1, 0.15) is 0 Å². The Morgan fingerprint density at radius 2 is 2.17 bits per heavy atom. The topological polar surface area (TPSA) is 50.9 Å². The van der Waals surface area contributed by atoms with Gasteiger partial charge >= 0.3 is 0 Å². The summed E-state index contributed by atoms with van der Waals surface area (Å²) in [6, 6.07) is 3.75. The second-order valence-corrected chi connectivity index (χ2v) is 6.92. The average Bonchev–Trinajstić information content (AvgIpc) is 2.65. The lowest BCUT2D eigenvalue weighted by atomic mass is 10.0. The molecule has 0 saturated heterocycles. The van der Waals surface area contributed by atoms with Gasteiger partial charge in [-0.15, -0.1) is 11.3 Å². The van der Waals surface area contributed by atoms with Crippen molar-refractivity contribution in [2.24, 2.45) is 5.84 Å². The molecule has 2 aromatic heterocycles. The first-order valence-corrected chi connectivity index (χ1v) is 7.47. The maximum Gasteiger partial charge on any atom is 0.0992 e. The molecule has 0 spiro atoms. The average molecular weight is 367 g/mol. The standard InChI is InChI=1S/C11H10BrCl2N3S/c12-7-1-6(4-16-5-7)2-9(17-15)8-3-10(13)18-11(8)14/h1,3-5,9,17H,2,15H2. The number of hydrogen-bond donors (Lipinski definition) is 2.